The number of carbonyl (C=O) groups excluding carboxylic acids is 1. The van der Waals surface area contributed by atoms with Gasteiger partial charge in [0.05, 0.1) is 5.56 Å². The van der Waals surface area contributed by atoms with Gasteiger partial charge < -0.3 is 14.6 Å². The molecule has 0 bridgehead atoms. The number of carbonyl (C=O) groups is 1. The Labute approximate surface area is 253 Å². The van der Waals surface area contributed by atoms with Crippen molar-refractivity contribution < 1.29 is 32.5 Å². The number of halogens is 4. The average Bonchev–Trinajstić information content (AvgIpc) is 2.94. The average molecular weight is 609 g/mol. The number of esters is 1. The smallest absolute Gasteiger partial charge is 0.416 e. The van der Waals surface area contributed by atoms with Gasteiger partial charge in [-0.25, -0.2) is 0 Å². The summed E-state index contributed by atoms with van der Waals surface area (Å²) in [6.07, 6.45) is 15.9. The standard InChI is InChI=1S/C34H44ClF3O4/c1-3-4-5-6-7-8-9-10-11-12-13-14-15-16-17-18-32(39)41-26-33(2,40)30-24-23-29(25-31(30)34(36,37)38)42-28-21-19-27(35)20-22-28/h8-11,19-25,40H,3-7,12-18,26H2,1-2H3/b9-8-,11-10-. The van der Waals surface area contributed by atoms with E-state index in [0.29, 0.717) is 17.2 Å². The number of rotatable bonds is 19. The summed E-state index contributed by atoms with van der Waals surface area (Å²) >= 11 is 5.84. The first-order chi connectivity index (χ1) is 20.0. The third kappa shape index (κ3) is 13.9. The number of allylic oxidation sites excluding steroid dienone is 4. The van der Waals surface area contributed by atoms with Gasteiger partial charge in [0.25, 0.3) is 0 Å². The SMILES string of the molecule is CCCCCC/C=C\C=C/CCCCCCCC(=O)OCC(C)(O)c1ccc(Oc2ccc(Cl)cc2)cc1C(F)(F)F. The third-order valence-electron chi connectivity index (χ3n) is 6.80. The maximum atomic E-state index is 13.9. The molecule has 2 rings (SSSR count). The molecule has 42 heavy (non-hydrogen) atoms. The molecule has 8 heteroatoms. The molecule has 0 aliphatic rings. The molecule has 0 radical (unpaired) electrons. The highest BCUT2D eigenvalue weighted by Gasteiger charge is 2.40. The Morgan fingerprint density at radius 1 is 0.833 bits per heavy atom. The number of alkyl halides is 3. The molecule has 232 valence electrons. The van der Waals surface area contributed by atoms with E-state index >= 15 is 0 Å². The van der Waals surface area contributed by atoms with Crippen LogP contribution in [0.2, 0.25) is 5.02 Å². The van der Waals surface area contributed by atoms with E-state index in [1.54, 1.807) is 12.1 Å². The van der Waals surface area contributed by atoms with Crippen LogP contribution in [0.1, 0.15) is 102 Å². The largest absolute Gasteiger partial charge is 0.462 e. The Morgan fingerprint density at radius 2 is 1.40 bits per heavy atom. The van der Waals surface area contributed by atoms with Gasteiger partial charge in [0.15, 0.2) is 0 Å². The Hall–Kier alpha value is -2.77. The molecule has 2 aromatic carbocycles. The maximum absolute atomic E-state index is 13.9. The minimum Gasteiger partial charge on any atom is -0.462 e. The molecule has 0 heterocycles. The van der Waals surface area contributed by atoms with Gasteiger partial charge in [0.1, 0.15) is 23.7 Å². The van der Waals surface area contributed by atoms with E-state index < -0.39 is 35.5 Å². The summed E-state index contributed by atoms with van der Waals surface area (Å²) in [5.74, 6) is -0.285. The van der Waals surface area contributed by atoms with E-state index in [9.17, 15) is 23.1 Å². The van der Waals surface area contributed by atoms with Crippen molar-refractivity contribution in [2.45, 2.75) is 103 Å². The molecule has 0 saturated heterocycles. The molecule has 0 fully saturated rings. The zero-order valence-corrected chi connectivity index (χ0v) is 25.5. The molecule has 2 aromatic rings. The van der Waals surface area contributed by atoms with Crippen LogP contribution in [0.4, 0.5) is 13.2 Å². The number of hydrogen-bond donors (Lipinski definition) is 1. The summed E-state index contributed by atoms with van der Waals surface area (Å²) in [7, 11) is 0. The highest BCUT2D eigenvalue weighted by Crippen LogP contribution is 2.40. The number of unbranched alkanes of at least 4 members (excludes halogenated alkanes) is 9. The molecule has 4 nitrogen and oxygen atoms in total. The fraction of sp³-hybridized carbons (Fsp3) is 0.500. The molecule has 0 aromatic heterocycles. The Bertz CT molecular complexity index is 1120. The van der Waals surface area contributed by atoms with Crippen LogP contribution in [-0.2, 0) is 21.3 Å². The topological polar surface area (TPSA) is 55.8 Å². The molecule has 0 saturated carbocycles. The van der Waals surface area contributed by atoms with Gasteiger partial charge in [-0.2, -0.15) is 13.2 Å². The van der Waals surface area contributed by atoms with Gasteiger partial charge in [-0.3, -0.25) is 4.79 Å². The van der Waals surface area contributed by atoms with Crippen LogP contribution in [0, 0.1) is 0 Å². The van der Waals surface area contributed by atoms with Crippen LogP contribution in [0.25, 0.3) is 0 Å². The quantitative estimate of drug-likeness (QED) is 0.0979. The Morgan fingerprint density at radius 3 is 2.02 bits per heavy atom. The van der Waals surface area contributed by atoms with Crippen LogP contribution in [0.15, 0.2) is 66.8 Å². The minimum absolute atomic E-state index is 0.0535. The lowest BCUT2D eigenvalue weighted by atomic mass is 9.91. The van der Waals surface area contributed by atoms with Crippen LogP contribution >= 0.6 is 11.6 Å². The molecule has 1 atom stereocenters. The molecule has 1 unspecified atom stereocenters. The lowest BCUT2D eigenvalue weighted by molar-refractivity contribution is -0.153. The Kier molecular flexibility index (Phi) is 15.8. The lowest BCUT2D eigenvalue weighted by Crippen LogP contribution is -2.32. The van der Waals surface area contributed by atoms with Crippen molar-refractivity contribution in [3.05, 3.63) is 82.9 Å². The summed E-state index contributed by atoms with van der Waals surface area (Å²) in [4.78, 5) is 12.2. The summed E-state index contributed by atoms with van der Waals surface area (Å²) in [6, 6.07) is 9.48. The number of benzene rings is 2. The fourth-order valence-electron chi connectivity index (χ4n) is 4.40. The van der Waals surface area contributed by atoms with Crippen molar-refractivity contribution in [2.75, 3.05) is 6.61 Å². The van der Waals surface area contributed by atoms with Gasteiger partial charge >= 0.3 is 12.1 Å². The van der Waals surface area contributed by atoms with E-state index in [4.69, 9.17) is 21.1 Å². The number of hydrogen-bond acceptors (Lipinski definition) is 4. The third-order valence-corrected chi connectivity index (χ3v) is 7.05. The normalized spacial score (nSPS) is 13.5. The second-order valence-electron chi connectivity index (χ2n) is 10.7. The Balaban J connectivity index is 1.72. The van der Waals surface area contributed by atoms with E-state index in [-0.39, 0.29) is 12.2 Å². The minimum atomic E-state index is -4.76. The molecular formula is C34H44ClF3O4. The predicted molar refractivity (Wildman–Crippen MR) is 163 cm³/mol. The van der Waals surface area contributed by atoms with Crippen molar-refractivity contribution in [2.24, 2.45) is 0 Å². The molecule has 0 spiro atoms. The van der Waals surface area contributed by atoms with E-state index in [0.717, 1.165) is 50.7 Å². The van der Waals surface area contributed by atoms with Gasteiger partial charge in [0.2, 0.25) is 0 Å². The second kappa shape index (κ2) is 18.7. The zero-order chi connectivity index (χ0) is 30.8. The monoisotopic (exact) mass is 608 g/mol. The highest BCUT2D eigenvalue weighted by molar-refractivity contribution is 6.30. The summed E-state index contributed by atoms with van der Waals surface area (Å²) in [5, 5.41) is 11.3. The molecule has 0 amide bonds. The fourth-order valence-corrected chi connectivity index (χ4v) is 4.53. The van der Waals surface area contributed by atoms with E-state index in [2.05, 4.69) is 31.2 Å². The van der Waals surface area contributed by atoms with Crippen molar-refractivity contribution in [1.29, 1.82) is 0 Å². The van der Waals surface area contributed by atoms with Crippen molar-refractivity contribution in [3.63, 3.8) is 0 Å². The van der Waals surface area contributed by atoms with Gasteiger partial charge in [-0.05, 0) is 81.0 Å². The first kappa shape index (κ1) is 35.4. The summed E-state index contributed by atoms with van der Waals surface area (Å²) in [5.41, 5.74) is -3.51. The van der Waals surface area contributed by atoms with Crippen molar-refractivity contribution >= 4 is 17.6 Å². The van der Waals surface area contributed by atoms with Gasteiger partial charge in [0, 0.05) is 11.4 Å². The molecule has 0 aliphatic heterocycles. The number of ether oxygens (including phenoxy) is 2. The molecule has 0 aliphatic carbocycles. The van der Waals surface area contributed by atoms with Crippen molar-refractivity contribution in [3.8, 4) is 11.5 Å². The van der Waals surface area contributed by atoms with Gasteiger partial charge in [-0.15, -0.1) is 0 Å². The molecular weight excluding hydrogens is 565 g/mol. The predicted octanol–water partition coefficient (Wildman–Crippen LogP) is 10.7. The summed E-state index contributed by atoms with van der Waals surface area (Å²) in [6.45, 7) is 2.82. The number of aliphatic hydroxyl groups is 1. The van der Waals surface area contributed by atoms with Gasteiger partial charge in [-0.1, -0.05) is 87.4 Å². The summed E-state index contributed by atoms with van der Waals surface area (Å²) < 4.78 is 52.3. The van der Waals surface area contributed by atoms with Crippen LogP contribution in [0.3, 0.4) is 0 Å². The first-order valence-corrected chi connectivity index (χ1v) is 15.3. The van der Waals surface area contributed by atoms with Crippen LogP contribution in [0.5, 0.6) is 11.5 Å². The zero-order valence-electron chi connectivity index (χ0n) is 24.7. The highest BCUT2D eigenvalue weighted by atomic mass is 35.5. The second-order valence-corrected chi connectivity index (χ2v) is 11.1. The first-order valence-electron chi connectivity index (χ1n) is 14.9. The van der Waals surface area contributed by atoms with E-state index in [1.165, 1.54) is 50.8 Å². The van der Waals surface area contributed by atoms with E-state index in [1.807, 2.05) is 0 Å². The molecule has 1 N–H and O–H groups in total. The van der Waals surface area contributed by atoms with Crippen LogP contribution < -0.4 is 4.74 Å². The maximum Gasteiger partial charge on any atom is 0.416 e. The van der Waals surface area contributed by atoms with Crippen LogP contribution in [-0.4, -0.2) is 17.7 Å². The lowest BCUT2D eigenvalue weighted by Gasteiger charge is -2.27. The van der Waals surface area contributed by atoms with Crippen molar-refractivity contribution in [1.82, 2.24) is 0 Å².